The number of carboxylic acids is 1. The summed E-state index contributed by atoms with van der Waals surface area (Å²) in [7, 11) is 0. The second-order valence-corrected chi connectivity index (χ2v) is 11.2. The van der Waals surface area contributed by atoms with Gasteiger partial charge in [-0.15, -0.1) is 0 Å². The first kappa shape index (κ1) is 30.3. The van der Waals surface area contributed by atoms with E-state index in [0.29, 0.717) is 24.9 Å². The minimum absolute atomic E-state index is 0.0309. The highest BCUT2D eigenvalue weighted by Crippen LogP contribution is 2.44. The van der Waals surface area contributed by atoms with Gasteiger partial charge in [0.1, 0.15) is 18.2 Å². The highest BCUT2D eigenvalue weighted by Gasteiger charge is 2.29. The molecule has 0 radical (unpaired) electrons. The standard InChI is InChI=1S/C33H36N2O7/c1-33(2,3)42-31(39)22-17-15-21(16-18-22)29(36)35-28(30(37)38)14-8-9-19-34-32(40)41-20-27-25-12-6-4-10-23(25)24-11-5-7-13-26(24)27/h4-7,10-13,15-18,27-28H,8-9,14,19-20H2,1-3H3,(H,34,40)(H,35,36)(H,37,38)/t28-/m0/s1. The molecule has 9 heteroatoms. The summed E-state index contributed by atoms with van der Waals surface area (Å²) in [5.74, 6) is -2.26. The SMILES string of the molecule is CC(C)(C)OC(=O)c1ccc(C(=O)N[C@@H](CCCCNC(=O)OCC2c3ccccc3-c3ccccc32)C(=O)O)cc1. The van der Waals surface area contributed by atoms with Crippen LogP contribution in [-0.2, 0) is 14.3 Å². The van der Waals surface area contributed by atoms with Gasteiger partial charge in [0.15, 0.2) is 0 Å². The van der Waals surface area contributed by atoms with Crippen molar-refractivity contribution in [3.8, 4) is 11.1 Å². The maximum Gasteiger partial charge on any atom is 0.407 e. The second kappa shape index (κ2) is 13.3. The Morgan fingerprint density at radius 3 is 1.98 bits per heavy atom. The number of esters is 1. The molecule has 0 saturated carbocycles. The summed E-state index contributed by atoms with van der Waals surface area (Å²) < 4.78 is 10.8. The molecular weight excluding hydrogens is 536 g/mol. The summed E-state index contributed by atoms with van der Waals surface area (Å²) in [6.07, 6.45) is 0.617. The molecule has 3 N–H and O–H groups in total. The van der Waals surface area contributed by atoms with E-state index in [0.717, 1.165) is 22.3 Å². The first-order valence-electron chi connectivity index (χ1n) is 14.0. The number of hydrogen-bond donors (Lipinski definition) is 3. The molecule has 3 aromatic carbocycles. The Morgan fingerprint density at radius 2 is 1.40 bits per heavy atom. The predicted molar refractivity (Wildman–Crippen MR) is 157 cm³/mol. The quantitative estimate of drug-likeness (QED) is 0.203. The van der Waals surface area contributed by atoms with Crippen molar-refractivity contribution in [3.05, 3.63) is 95.1 Å². The maximum absolute atomic E-state index is 12.6. The third-order valence-corrected chi connectivity index (χ3v) is 6.92. The van der Waals surface area contributed by atoms with E-state index in [1.165, 1.54) is 24.3 Å². The average molecular weight is 573 g/mol. The molecule has 42 heavy (non-hydrogen) atoms. The van der Waals surface area contributed by atoms with Gasteiger partial charge in [-0.05, 0) is 86.6 Å². The minimum atomic E-state index is -1.15. The molecule has 0 bridgehead atoms. The van der Waals surface area contributed by atoms with E-state index in [1.807, 2.05) is 24.3 Å². The monoisotopic (exact) mass is 572 g/mol. The zero-order valence-electron chi connectivity index (χ0n) is 24.0. The van der Waals surface area contributed by atoms with Gasteiger partial charge < -0.3 is 25.2 Å². The number of alkyl carbamates (subject to hydrolysis) is 1. The zero-order chi connectivity index (χ0) is 30.3. The molecular formula is C33H36N2O7. The number of ether oxygens (including phenoxy) is 2. The third-order valence-electron chi connectivity index (χ3n) is 6.92. The molecule has 1 aliphatic carbocycles. The van der Waals surface area contributed by atoms with Crippen LogP contribution in [0.15, 0.2) is 72.8 Å². The third kappa shape index (κ3) is 7.75. The molecule has 2 amide bonds. The molecule has 0 unspecified atom stereocenters. The van der Waals surface area contributed by atoms with Crippen LogP contribution in [-0.4, -0.2) is 53.8 Å². The lowest BCUT2D eigenvalue weighted by molar-refractivity contribution is -0.139. The van der Waals surface area contributed by atoms with Crippen LogP contribution in [0, 0.1) is 0 Å². The molecule has 0 aromatic heterocycles. The van der Waals surface area contributed by atoms with Crippen molar-refractivity contribution in [2.24, 2.45) is 0 Å². The number of rotatable bonds is 11. The predicted octanol–water partition coefficient (Wildman–Crippen LogP) is 5.53. The summed E-state index contributed by atoms with van der Waals surface area (Å²) in [5, 5.41) is 14.8. The largest absolute Gasteiger partial charge is 0.480 e. The van der Waals surface area contributed by atoms with Crippen LogP contribution in [0.1, 0.15) is 77.8 Å². The van der Waals surface area contributed by atoms with Crippen LogP contribution < -0.4 is 10.6 Å². The number of carboxylic acid groups (broad SMARTS) is 1. The van der Waals surface area contributed by atoms with E-state index in [-0.39, 0.29) is 24.5 Å². The summed E-state index contributed by atoms with van der Waals surface area (Å²) >= 11 is 0. The molecule has 220 valence electrons. The Kier molecular flexibility index (Phi) is 9.62. The van der Waals surface area contributed by atoms with E-state index in [9.17, 15) is 24.3 Å². The van der Waals surface area contributed by atoms with Crippen LogP contribution >= 0.6 is 0 Å². The number of fused-ring (bicyclic) bond motifs is 3. The first-order chi connectivity index (χ1) is 20.0. The van der Waals surface area contributed by atoms with Gasteiger partial charge in [-0.3, -0.25) is 4.79 Å². The van der Waals surface area contributed by atoms with Crippen LogP contribution in [0.4, 0.5) is 4.79 Å². The molecule has 0 saturated heterocycles. The van der Waals surface area contributed by atoms with E-state index in [2.05, 4.69) is 34.9 Å². The first-order valence-corrected chi connectivity index (χ1v) is 14.0. The highest BCUT2D eigenvalue weighted by atomic mass is 16.6. The van der Waals surface area contributed by atoms with Gasteiger partial charge in [-0.2, -0.15) is 0 Å². The van der Waals surface area contributed by atoms with Gasteiger partial charge in [0.2, 0.25) is 0 Å². The van der Waals surface area contributed by atoms with Crippen molar-refractivity contribution < 1.29 is 33.8 Å². The molecule has 3 aromatic rings. The average Bonchev–Trinajstić information content (AvgIpc) is 3.28. The van der Waals surface area contributed by atoms with Gasteiger partial charge in [0.05, 0.1) is 5.56 Å². The van der Waals surface area contributed by atoms with E-state index in [4.69, 9.17) is 9.47 Å². The van der Waals surface area contributed by atoms with Crippen LogP contribution in [0.25, 0.3) is 11.1 Å². The van der Waals surface area contributed by atoms with Crippen molar-refractivity contribution >= 4 is 23.9 Å². The van der Waals surface area contributed by atoms with Crippen molar-refractivity contribution in [3.63, 3.8) is 0 Å². The van der Waals surface area contributed by atoms with Gasteiger partial charge in [0, 0.05) is 18.0 Å². The van der Waals surface area contributed by atoms with E-state index >= 15 is 0 Å². The number of amides is 2. The van der Waals surface area contributed by atoms with Crippen molar-refractivity contribution in [1.82, 2.24) is 10.6 Å². The van der Waals surface area contributed by atoms with Crippen LogP contribution in [0.3, 0.4) is 0 Å². The number of carbonyl (C=O) groups is 4. The zero-order valence-corrected chi connectivity index (χ0v) is 24.0. The fraction of sp³-hybridized carbons (Fsp3) is 0.333. The lowest BCUT2D eigenvalue weighted by atomic mass is 9.98. The molecule has 0 spiro atoms. The van der Waals surface area contributed by atoms with Crippen molar-refractivity contribution in [2.45, 2.75) is 57.6 Å². The molecule has 0 aliphatic heterocycles. The topological polar surface area (TPSA) is 131 Å². The maximum atomic E-state index is 12.6. The Balaban J connectivity index is 1.19. The summed E-state index contributed by atoms with van der Waals surface area (Å²) in [4.78, 5) is 48.9. The van der Waals surface area contributed by atoms with Gasteiger partial charge in [-0.1, -0.05) is 48.5 Å². The molecule has 4 rings (SSSR count). The smallest absolute Gasteiger partial charge is 0.407 e. The molecule has 1 atom stereocenters. The summed E-state index contributed by atoms with van der Waals surface area (Å²) in [6, 6.07) is 20.9. The van der Waals surface area contributed by atoms with Crippen LogP contribution in [0.2, 0.25) is 0 Å². The van der Waals surface area contributed by atoms with Gasteiger partial charge in [-0.25, -0.2) is 14.4 Å². The fourth-order valence-corrected chi connectivity index (χ4v) is 4.91. The molecule has 0 fully saturated rings. The normalized spacial score (nSPS) is 12.9. The number of aliphatic carboxylic acids is 1. The van der Waals surface area contributed by atoms with Crippen molar-refractivity contribution in [2.75, 3.05) is 13.2 Å². The highest BCUT2D eigenvalue weighted by molar-refractivity contribution is 5.98. The number of hydrogen-bond acceptors (Lipinski definition) is 6. The number of unbranched alkanes of at least 4 members (excludes halogenated alkanes) is 1. The van der Waals surface area contributed by atoms with E-state index < -0.39 is 35.6 Å². The second-order valence-electron chi connectivity index (χ2n) is 11.2. The Labute approximate surface area is 245 Å². The minimum Gasteiger partial charge on any atom is -0.480 e. The summed E-state index contributed by atoms with van der Waals surface area (Å²) in [6.45, 7) is 5.80. The van der Waals surface area contributed by atoms with Crippen LogP contribution in [0.5, 0.6) is 0 Å². The number of nitrogens with one attached hydrogen (secondary N) is 2. The molecule has 9 nitrogen and oxygen atoms in total. The van der Waals surface area contributed by atoms with Gasteiger partial charge in [0.25, 0.3) is 5.91 Å². The lowest BCUT2D eigenvalue weighted by Gasteiger charge is -2.19. The number of carbonyl (C=O) groups excluding carboxylic acids is 3. The summed E-state index contributed by atoms with van der Waals surface area (Å²) in [5.41, 5.74) is 4.44. The number of benzene rings is 3. The van der Waals surface area contributed by atoms with Gasteiger partial charge >= 0.3 is 18.0 Å². The Hall–Kier alpha value is -4.66. The molecule has 1 aliphatic rings. The fourth-order valence-electron chi connectivity index (χ4n) is 4.91. The molecule has 0 heterocycles. The van der Waals surface area contributed by atoms with Crippen molar-refractivity contribution in [1.29, 1.82) is 0 Å². The Bertz CT molecular complexity index is 1400. The van der Waals surface area contributed by atoms with E-state index in [1.54, 1.807) is 20.8 Å². The Morgan fingerprint density at radius 1 is 0.833 bits per heavy atom. The lowest BCUT2D eigenvalue weighted by Crippen LogP contribution is -2.40.